The highest BCUT2D eigenvalue weighted by Crippen LogP contribution is 2.39. The number of aryl methyl sites for hydroxylation is 1. The van der Waals surface area contributed by atoms with E-state index in [1.165, 1.54) is 31.2 Å². The van der Waals surface area contributed by atoms with Gasteiger partial charge in [-0.15, -0.1) is 0 Å². The van der Waals surface area contributed by atoms with Gasteiger partial charge >= 0.3 is 0 Å². The number of piperidine rings is 1. The Balaban J connectivity index is 2.12. The first kappa shape index (κ1) is 15.1. The van der Waals surface area contributed by atoms with Crippen molar-refractivity contribution in [2.24, 2.45) is 5.41 Å². The summed E-state index contributed by atoms with van der Waals surface area (Å²) in [5, 5.41) is 3.20. The van der Waals surface area contributed by atoms with Crippen molar-refractivity contribution in [2.75, 3.05) is 29.9 Å². The summed E-state index contributed by atoms with van der Waals surface area (Å²) in [5.41, 5.74) is 1.73. The third-order valence-electron chi connectivity index (χ3n) is 4.90. The maximum atomic E-state index is 4.69. The van der Waals surface area contributed by atoms with E-state index in [9.17, 15) is 0 Å². The Morgan fingerprint density at radius 2 is 1.85 bits per heavy atom. The van der Waals surface area contributed by atoms with E-state index in [0.717, 1.165) is 31.4 Å². The predicted octanol–water partition coefficient (Wildman–Crippen LogP) is 3.62. The Morgan fingerprint density at radius 3 is 2.40 bits per heavy atom. The molecule has 0 spiro atoms. The summed E-state index contributed by atoms with van der Waals surface area (Å²) in [5.74, 6) is 1.85. The molecule has 1 fully saturated rings. The molecule has 0 atom stereocenters. The van der Waals surface area contributed by atoms with Crippen LogP contribution in [0, 0.1) is 12.3 Å². The smallest absolute Gasteiger partial charge is 0.224 e. The van der Waals surface area contributed by atoms with Crippen LogP contribution in [-0.4, -0.2) is 29.6 Å². The Bertz CT molecular complexity index is 430. The Hall–Kier alpha value is -1.32. The molecule has 112 valence electrons. The summed E-state index contributed by atoms with van der Waals surface area (Å²) in [4.78, 5) is 11.5. The van der Waals surface area contributed by atoms with Crippen molar-refractivity contribution >= 4 is 11.8 Å². The van der Waals surface area contributed by atoms with Crippen LogP contribution in [0.25, 0.3) is 0 Å². The van der Waals surface area contributed by atoms with E-state index in [4.69, 9.17) is 0 Å². The number of anilines is 2. The molecule has 0 aromatic carbocycles. The molecule has 1 N–H and O–H groups in total. The van der Waals surface area contributed by atoms with Crippen molar-refractivity contribution in [1.29, 1.82) is 0 Å². The first-order valence-electron chi connectivity index (χ1n) is 7.96. The topological polar surface area (TPSA) is 41.1 Å². The van der Waals surface area contributed by atoms with Gasteiger partial charge in [0.15, 0.2) is 0 Å². The molecule has 0 bridgehead atoms. The first-order valence-corrected chi connectivity index (χ1v) is 7.96. The van der Waals surface area contributed by atoms with Gasteiger partial charge in [0.25, 0.3) is 0 Å². The van der Waals surface area contributed by atoms with E-state index in [-0.39, 0.29) is 0 Å². The van der Waals surface area contributed by atoms with E-state index in [2.05, 4.69) is 47.9 Å². The standard InChI is InChI=1S/C16H28N4/c1-5-16(6-2)8-10-20(11-9-16)14-13(4)12-18-15(19-14)17-7-3/h12H,5-11H2,1-4H3,(H,17,18,19). The number of hydrogen-bond acceptors (Lipinski definition) is 4. The third kappa shape index (κ3) is 3.05. The Labute approximate surface area is 123 Å². The molecular formula is C16H28N4. The largest absolute Gasteiger partial charge is 0.356 e. The van der Waals surface area contributed by atoms with Gasteiger partial charge in [0, 0.05) is 31.4 Å². The van der Waals surface area contributed by atoms with Crippen molar-refractivity contribution in [3.8, 4) is 0 Å². The number of rotatable bonds is 5. The summed E-state index contributed by atoms with van der Waals surface area (Å²) in [7, 11) is 0. The molecule has 0 unspecified atom stereocenters. The number of hydrogen-bond donors (Lipinski definition) is 1. The third-order valence-corrected chi connectivity index (χ3v) is 4.90. The SMILES string of the molecule is CCNc1ncc(C)c(N2CCC(CC)(CC)CC2)n1. The van der Waals surface area contributed by atoms with Crippen LogP contribution in [0.2, 0.25) is 0 Å². The van der Waals surface area contributed by atoms with Gasteiger partial charge in [-0.25, -0.2) is 4.98 Å². The zero-order valence-electron chi connectivity index (χ0n) is 13.4. The normalized spacial score (nSPS) is 18.1. The van der Waals surface area contributed by atoms with Gasteiger partial charge < -0.3 is 10.2 Å². The molecule has 0 saturated carbocycles. The second kappa shape index (κ2) is 6.42. The number of aromatic nitrogens is 2. The fourth-order valence-electron chi connectivity index (χ4n) is 3.15. The van der Waals surface area contributed by atoms with Crippen LogP contribution in [0.5, 0.6) is 0 Å². The number of nitrogens with zero attached hydrogens (tertiary/aromatic N) is 3. The second-order valence-electron chi connectivity index (χ2n) is 5.92. The summed E-state index contributed by atoms with van der Waals surface area (Å²) in [6, 6.07) is 0. The van der Waals surface area contributed by atoms with Gasteiger partial charge in [-0.3, -0.25) is 0 Å². The zero-order chi connectivity index (χ0) is 14.6. The van der Waals surface area contributed by atoms with Crippen molar-refractivity contribution in [3.05, 3.63) is 11.8 Å². The quantitative estimate of drug-likeness (QED) is 0.891. The molecule has 0 radical (unpaired) electrons. The lowest BCUT2D eigenvalue weighted by atomic mass is 9.74. The van der Waals surface area contributed by atoms with Crippen LogP contribution in [0.3, 0.4) is 0 Å². The lowest BCUT2D eigenvalue weighted by Gasteiger charge is -2.41. The molecule has 4 heteroatoms. The molecule has 0 aliphatic carbocycles. The predicted molar refractivity (Wildman–Crippen MR) is 85.4 cm³/mol. The molecule has 4 nitrogen and oxygen atoms in total. The molecule has 20 heavy (non-hydrogen) atoms. The second-order valence-corrected chi connectivity index (χ2v) is 5.92. The van der Waals surface area contributed by atoms with Gasteiger partial charge in [0.05, 0.1) is 0 Å². The Morgan fingerprint density at radius 1 is 1.20 bits per heavy atom. The van der Waals surface area contributed by atoms with E-state index < -0.39 is 0 Å². The molecule has 1 aliphatic rings. The molecule has 1 aromatic rings. The molecule has 0 amide bonds. The molecule has 2 heterocycles. The summed E-state index contributed by atoms with van der Waals surface area (Å²) in [6.07, 6.45) is 7.08. The minimum Gasteiger partial charge on any atom is -0.356 e. The van der Waals surface area contributed by atoms with Crippen molar-refractivity contribution in [1.82, 2.24) is 9.97 Å². The number of nitrogens with one attached hydrogen (secondary N) is 1. The van der Waals surface area contributed by atoms with E-state index in [1.807, 2.05) is 6.20 Å². The highest BCUT2D eigenvalue weighted by atomic mass is 15.2. The molecule has 1 aromatic heterocycles. The molecule has 1 saturated heterocycles. The van der Waals surface area contributed by atoms with Crippen LogP contribution in [0.1, 0.15) is 52.0 Å². The molecular weight excluding hydrogens is 248 g/mol. The van der Waals surface area contributed by atoms with Crippen LogP contribution < -0.4 is 10.2 Å². The van der Waals surface area contributed by atoms with Gasteiger partial charge in [0.1, 0.15) is 5.82 Å². The Kier molecular flexibility index (Phi) is 4.84. The van der Waals surface area contributed by atoms with Gasteiger partial charge in [-0.2, -0.15) is 4.98 Å². The molecule has 1 aliphatic heterocycles. The first-order chi connectivity index (χ1) is 9.64. The van der Waals surface area contributed by atoms with E-state index >= 15 is 0 Å². The minimum atomic E-state index is 0.557. The van der Waals surface area contributed by atoms with Crippen LogP contribution in [0.4, 0.5) is 11.8 Å². The fourth-order valence-corrected chi connectivity index (χ4v) is 3.15. The summed E-state index contributed by atoms with van der Waals surface area (Å²) in [6.45, 7) is 11.9. The van der Waals surface area contributed by atoms with Crippen LogP contribution >= 0.6 is 0 Å². The van der Waals surface area contributed by atoms with Crippen LogP contribution in [-0.2, 0) is 0 Å². The van der Waals surface area contributed by atoms with Gasteiger partial charge in [-0.05, 0) is 32.1 Å². The average molecular weight is 276 g/mol. The maximum absolute atomic E-state index is 4.69. The van der Waals surface area contributed by atoms with Crippen molar-refractivity contribution < 1.29 is 0 Å². The van der Waals surface area contributed by atoms with E-state index in [0.29, 0.717) is 5.41 Å². The fraction of sp³-hybridized carbons (Fsp3) is 0.750. The molecule has 2 rings (SSSR count). The van der Waals surface area contributed by atoms with Gasteiger partial charge in [-0.1, -0.05) is 26.7 Å². The minimum absolute atomic E-state index is 0.557. The zero-order valence-corrected chi connectivity index (χ0v) is 13.4. The van der Waals surface area contributed by atoms with Crippen molar-refractivity contribution in [2.45, 2.75) is 53.4 Å². The average Bonchev–Trinajstić information content (AvgIpc) is 2.50. The van der Waals surface area contributed by atoms with Crippen molar-refractivity contribution in [3.63, 3.8) is 0 Å². The highest BCUT2D eigenvalue weighted by Gasteiger charge is 2.32. The lowest BCUT2D eigenvalue weighted by molar-refractivity contribution is 0.199. The van der Waals surface area contributed by atoms with Crippen LogP contribution in [0.15, 0.2) is 6.20 Å². The summed E-state index contributed by atoms with van der Waals surface area (Å²) >= 11 is 0. The van der Waals surface area contributed by atoms with Gasteiger partial charge in [0.2, 0.25) is 5.95 Å². The summed E-state index contributed by atoms with van der Waals surface area (Å²) < 4.78 is 0. The lowest BCUT2D eigenvalue weighted by Crippen LogP contribution is -2.40. The highest BCUT2D eigenvalue weighted by molar-refractivity contribution is 5.49. The maximum Gasteiger partial charge on any atom is 0.224 e. The monoisotopic (exact) mass is 276 g/mol. The van der Waals surface area contributed by atoms with E-state index in [1.54, 1.807) is 0 Å².